The lowest BCUT2D eigenvalue weighted by Crippen LogP contribution is -2.55. The Labute approximate surface area is 323 Å². The van der Waals surface area contributed by atoms with E-state index in [4.69, 9.17) is 14.2 Å². The first-order valence-electron chi connectivity index (χ1n) is 20.1. The number of carboxylic acid groups (broad SMARTS) is 1. The van der Waals surface area contributed by atoms with Crippen molar-refractivity contribution in [1.82, 2.24) is 0 Å². The summed E-state index contributed by atoms with van der Waals surface area (Å²) in [5.74, 6) is -1.92. The molecule has 2 unspecified atom stereocenters. The second-order valence-electron chi connectivity index (χ2n) is 14.1. The van der Waals surface area contributed by atoms with Crippen LogP contribution in [0.1, 0.15) is 129 Å². The average Bonchev–Trinajstić information content (AvgIpc) is 3.11. The molecule has 0 fully saturated rings. The standard InChI is InChI=1S/C45H73NO7/c1-6-8-10-12-14-16-17-18-19-20-21-22-23-24-25-26-28-29-31-33-35-43(47)52-40-41(39-51-38-37-42(45(49)50)46(3,4)5)53-44(48)36-34-32-30-27-15-13-11-9-7-2/h8-11,14-16,18-19,21-22,27,32,34,41-42H,6-7,12-13,17,20,23-26,28-31,33,35-40H2,1-5H3/b10-8+,11-9+,16-14+,19-18+,22-21+,27-15+,34-32+. The first-order valence-corrected chi connectivity index (χ1v) is 20.1. The van der Waals surface area contributed by atoms with Gasteiger partial charge in [0, 0.05) is 12.8 Å². The molecule has 0 aromatic rings. The van der Waals surface area contributed by atoms with Crippen molar-refractivity contribution in [1.29, 1.82) is 0 Å². The minimum atomic E-state index is -1.14. The molecule has 0 spiro atoms. The van der Waals surface area contributed by atoms with Gasteiger partial charge in [-0.25, -0.2) is 0 Å². The van der Waals surface area contributed by atoms with E-state index in [-0.39, 0.29) is 43.1 Å². The number of likely N-dealkylation sites (N-methyl/N-ethyl adjacent to an activating group) is 1. The van der Waals surface area contributed by atoms with Crippen LogP contribution in [0.2, 0.25) is 0 Å². The van der Waals surface area contributed by atoms with Crippen molar-refractivity contribution in [3.05, 3.63) is 85.1 Å². The molecule has 0 bridgehead atoms. The van der Waals surface area contributed by atoms with Gasteiger partial charge in [-0.05, 0) is 64.2 Å². The number of hydrogen-bond acceptors (Lipinski definition) is 7. The molecule has 8 nitrogen and oxygen atoms in total. The van der Waals surface area contributed by atoms with Gasteiger partial charge in [0.15, 0.2) is 6.10 Å². The van der Waals surface area contributed by atoms with Gasteiger partial charge in [0.05, 0.1) is 46.7 Å². The lowest BCUT2D eigenvalue weighted by atomic mass is 10.1. The fourth-order valence-corrected chi connectivity index (χ4v) is 5.24. The van der Waals surface area contributed by atoms with Crippen LogP contribution >= 0.6 is 0 Å². The number of rotatable bonds is 34. The molecule has 8 heteroatoms. The third-order valence-corrected chi connectivity index (χ3v) is 8.31. The number of quaternary nitrogens is 1. The topological polar surface area (TPSA) is 102 Å². The zero-order valence-corrected chi connectivity index (χ0v) is 33.9. The summed E-state index contributed by atoms with van der Waals surface area (Å²) in [6.45, 7) is 4.27. The van der Waals surface area contributed by atoms with Gasteiger partial charge in [0.25, 0.3) is 0 Å². The van der Waals surface area contributed by atoms with E-state index in [1.54, 1.807) is 27.2 Å². The van der Waals surface area contributed by atoms with E-state index in [9.17, 15) is 19.5 Å². The summed E-state index contributed by atoms with van der Waals surface area (Å²) < 4.78 is 16.9. The van der Waals surface area contributed by atoms with Crippen molar-refractivity contribution >= 4 is 17.9 Å². The number of hydrogen-bond donors (Lipinski definition) is 0. The SMILES string of the molecule is CC/C=C/C/C=C/C/C=C/C/C=C/CCCCCCCCCC(=O)OCC(COCCC(C(=O)[O-])[N+](C)(C)C)OC(=O)C/C=C/C/C=C/C/C=C/CC. The monoisotopic (exact) mass is 740 g/mol. The van der Waals surface area contributed by atoms with Gasteiger partial charge in [-0.2, -0.15) is 0 Å². The van der Waals surface area contributed by atoms with Gasteiger partial charge >= 0.3 is 11.9 Å². The van der Waals surface area contributed by atoms with Crippen LogP contribution < -0.4 is 5.11 Å². The number of carboxylic acids is 1. The molecular formula is C45H73NO7. The van der Waals surface area contributed by atoms with Gasteiger partial charge in [-0.15, -0.1) is 0 Å². The van der Waals surface area contributed by atoms with Crippen LogP contribution in [-0.4, -0.2) is 75.5 Å². The molecule has 0 aromatic carbocycles. The van der Waals surface area contributed by atoms with Crippen molar-refractivity contribution in [2.45, 2.75) is 142 Å². The third-order valence-electron chi connectivity index (χ3n) is 8.31. The molecule has 0 saturated carbocycles. The van der Waals surface area contributed by atoms with E-state index in [1.165, 1.54) is 19.3 Å². The van der Waals surface area contributed by atoms with Crippen LogP contribution in [-0.2, 0) is 28.6 Å². The molecular weight excluding hydrogens is 666 g/mol. The van der Waals surface area contributed by atoms with E-state index in [0.717, 1.165) is 77.0 Å². The Morgan fingerprint density at radius 3 is 1.57 bits per heavy atom. The summed E-state index contributed by atoms with van der Waals surface area (Å²) in [5.41, 5.74) is 0. The Bertz CT molecular complexity index is 1140. The first-order chi connectivity index (χ1) is 25.6. The molecule has 53 heavy (non-hydrogen) atoms. The lowest BCUT2D eigenvalue weighted by molar-refractivity contribution is -0.889. The minimum Gasteiger partial charge on any atom is -0.544 e. The largest absolute Gasteiger partial charge is 0.544 e. The van der Waals surface area contributed by atoms with Gasteiger partial charge in [-0.3, -0.25) is 9.59 Å². The Morgan fingerprint density at radius 2 is 1.06 bits per heavy atom. The number of aliphatic carboxylic acids is 1. The number of carbonyl (C=O) groups is 3. The number of ether oxygens (including phenoxy) is 3. The van der Waals surface area contributed by atoms with E-state index < -0.39 is 24.1 Å². The maximum Gasteiger partial charge on any atom is 0.310 e. The highest BCUT2D eigenvalue weighted by molar-refractivity contribution is 5.71. The summed E-state index contributed by atoms with van der Waals surface area (Å²) in [5, 5.41) is 11.6. The summed E-state index contributed by atoms with van der Waals surface area (Å²) in [4.78, 5) is 36.6. The minimum absolute atomic E-state index is 0.00402. The van der Waals surface area contributed by atoms with E-state index in [2.05, 4.69) is 80.7 Å². The Morgan fingerprint density at radius 1 is 0.585 bits per heavy atom. The summed E-state index contributed by atoms with van der Waals surface area (Å²) in [7, 11) is 5.35. The molecule has 0 amide bonds. The zero-order valence-electron chi connectivity index (χ0n) is 33.9. The smallest absolute Gasteiger partial charge is 0.310 e. The van der Waals surface area contributed by atoms with Crippen LogP contribution in [0.25, 0.3) is 0 Å². The molecule has 0 aliphatic heterocycles. The number of esters is 2. The molecule has 0 heterocycles. The molecule has 0 aromatic heterocycles. The highest BCUT2D eigenvalue weighted by atomic mass is 16.6. The van der Waals surface area contributed by atoms with Gasteiger partial charge < -0.3 is 28.6 Å². The van der Waals surface area contributed by atoms with Crippen molar-refractivity contribution in [3.8, 4) is 0 Å². The quantitative estimate of drug-likeness (QED) is 0.0281. The van der Waals surface area contributed by atoms with Crippen LogP contribution in [0.4, 0.5) is 0 Å². The summed E-state index contributed by atoms with van der Waals surface area (Å²) >= 11 is 0. The fourth-order valence-electron chi connectivity index (χ4n) is 5.24. The fraction of sp³-hybridized carbons (Fsp3) is 0.622. The highest BCUT2D eigenvalue weighted by Crippen LogP contribution is 2.12. The third kappa shape index (κ3) is 34.1. The molecule has 0 saturated heterocycles. The second kappa shape index (κ2) is 35.5. The lowest BCUT2D eigenvalue weighted by Gasteiger charge is -2.34. The first kappa shape index (κ1) is 49.5. The highest BCUT2D eigenvalue weighted by Gasteiger charge is 2.25. The van der Waals surface area contributed by atoms with Crippen molar-refractivity contribution < 1.29 is 38.2 Å². The van der Waals surface area contributed by atoms with Crippen LogP contribution in [0, 0.1) is 0 Å². The molecule has 0 N–H and O–H groups in total. The summed E-state index contributed by atoms with van der Waals surface area (Å²) in [6.07, 6.45) is 45.1. The number of allylic oxidation sites excluding steroid dienone is 13. The summed E-state index contributed by atoms with van der Waals surface area (Å²) in [6, 6.07) is -0.744. The number of unbranched alkanes of at least 4 members (excludes halogenated alkanes) is 7. The number of carbonyl (C=O) groups excluding carboxylic acids is 3. The molecule has 0 aliphatic rings. The molecule has 0 radical (unpaired) electrons. The predicted octanol–water partition coefficient (Wildman–Crippen LogP) is 9.24. The van der Waals surface area contributed by atoms with Gasteiger partial charge in [0.1, 0.15) is 12.6 Å². The molecule has 2 atom stereocenters. The normalized spacial score (nSPS) is 13.9. The Hall–Kier alpha value is -3.49. The van der Waals surface area contributed by atoms with Crippen molar-refractivity contribution in [3.63, 3.8) is 0 Å². The van der Waals surface area contributed by atoms with Crippen LogP contribution in [0.3, 0.4) is 0 Å². The van der Waals surface area contributed by atoms with Gasteiger partial charge in [0.2, 0.25) is 0 Å². The van der Waals surface area contributed by atoms with Crippen molar-refractivity contribution in [2.24, 2.45) is 0 Å². The molecule has 300 valence electrons. The van der Waals surface area contributed by atoms with Gasteiger partial charge in [-0.1, -0.05) is 131 Å². The van der Waals surface area contributed by atoms with Crippen molar-refractivity contribution in [2.75, 3.05) is 41.0 Å². The molecule has 0 aliphatic carbocycles. The average molecular weight is 740 g/mol. The van der Waals surface area contributed by atoms with E-state index >= 15 is 0 Å². The van der Waals surface area contributed by atoms with E-state index in [1.807, 2.05) is 12.2 Å². The molecule has 0 rings (SSSR count). The second-order valence-corrected chi connectivity index (χ2v) is 14.1. The van der Waals surface area contributed by atoms with E-state index in [0.29, 0.717) is 6.42 Å². The number of nitrogens with zero attached hydrogens (tertiary/aromatic N) is 1. The Kier molecular flexibility index (Phi) is 33.2. The van der Waals surface area contributed by atoms with Crippen LogP contribution in [0.5, 0.6) is 0 Å². The maximum absolute atomic E-state index is 12.5. The predicted molar refractivity (Wildman–Crippen MR) is 217 cm³/mol. The van der Waals surface area contributed by atoms with Crippen LogP contribution in [0.15, 0.2) is 85.1 Å². The Balaban J connectivity index is 4.38. The maximum atomic E-state index is 12.5. The zero-order chi connectivity index (χ0) is 39.3.